The number of aryl methyl sites for hydroxylation is 2. The molecule has 0 aromatic heterocycles. The number of fused-ring (bicyclic) bond motifs is 1. The smallest absolute Gasteiger partial charge is 0.304 e. The zero-order valence-corrected chi connectivity index (χ0v) is 11.7. The van der Waals surface area contributed by atoms with Crippen molar-refractivity contribution in [3.8, 4) is 5.75 Å². The van der Waals surface area contributed by atoms with Gasteiger partial charge in [-0.25, -0.2) is 0 Å². The normalized spacial score (nSPS) is 14.8. The average molecular weight is 262 g/mol. The Morgan fingerprint density at radius 2 is 1.95 bits per heavy atom. The highest BCUT2D eigenvalue weighted by Crippen LogP contribution is 2.27. The molecule has 1 aromatic rings. The SMILES string of the molecule is CC(C)(COc1ccc2c(c1)CCCC2)CC(=O)O. The Labute approximate surface area is 114 Å². The molecular weight excluding hydrogens is 240 g/mol. The molecule has 1 aliphatic rings. The van der Waals surface area contributed by atoms with Crippen molar-refractivity contribution < 1.29 is 14.6 Å². The fourth-order valence-corrected chi connectivity index (χ4v) is 2.54. The highest BCUT2D eigenvalue weighted by molar-refractivity contribution is 5.67. The minimum atomic E-state index is -0.779. The van der Waals surface area contributed by atoms with Crippen molar-refractivity contribution in [1.82, 2.24) is 0 Å². The van der Waals surface area contributed by atoms with Gasteiger partial charge in [0, 0.05) is 5.41 Å². The minimum Gasteiger partial charge on any atom is -0.493 e. The molecule has 0 atom stereocenters. The second-order valence-electron chi connectivity index (χ2n) is 6.16. The third-order valence-electron chi connectivity index (χ3n) is 3.58. The lowest BCUT2D eigenvalue weighted by Gasteiger charge is -2.23. The van der Waals surface area contributed by atoms with Crippen molar-refractivity contribution >= 4 is 5.97 Å². The topological polar surface area (TPSA) is 46.5 Å². The van der Waals surface area contributed by atoms with E-state index in [4.69, 9.17) is 9.84 Å². The molecule has 3 heteroatoms. The van der Waals surface area contributed by atoms with Crippen molar-refractivity contribution in [2.75, 3.05) is 6.61 Å². The molecule has 0 unspecified atom stereocenters. The maximum absolute atomic E-state index is 10.8. The first-order chi connectivity index (χ1) is 8.96. The van der Waals surface area contributed by atoms with Crippen molar-refractivity contribution in [1.29, 1.82) is 0 Å². The maximum Gasteiger partial charge on any atom is 0.304 e. The van der Waals surface area contributed by atoms with Crippen LogP contribution in [0.15, 0.2) is 18.2 Å². The molecular formula is C16H22O3. The summed E-state index contributed by atoms with van der Waals surface area (Å²) in [5.41, 5.74) is 2.48. The van der Waals surface area contributed by atoms with E-state index in [0.717, 1.165) is 12.2 Å². The Morgan fingerprint density at radius 3 is 2.63 bits per heavy atom. The minimum absolute atomic E-state index is 0.123. The molecule has 3 nitrogen and oxygen atoms in total. The van der Waals surface area contributed by atoms with Crippen LogP contribution in [0.5, 0.6) is 5.75 Å². The second-order valence-corrected chi connectivity index (χ2v) is 6.16. The van der Waals surface area contributed by atoms with Gasteiger partial charge in [-0.05, 0) is 48.9 Å². The van der Waals surface area contributed by atoms with Crippen LogP contribution in [-0.4, -0.2) is 17.7 Å². The molecule has 1 N–H and O–H groups in total. The first-order valence-electron chi connectivity index (χ1n) is 6.93. The number of rotatable bonds is 5. The molecule has 0 amide bonds. The molecule has 1 aromatic carbocycles. The average Bonchev–Trinajstić information content (AvgIpc) is 2.35. The summed E-state index contributed by atoms with van der Waals surface area (Å²) in [6.07, 6.45) is 4.95. The molecule has 2 rings (SSSR count). The predicted molar refractivity (Wildman–Crippen MR) is 74.6 cm³/mol. The first-order valence-corrected chi connectivity index (χ1v) is 6.93. The third-order valence-corrected chi connectivity index (χ3v) is 3.58. The van der Waals surface area contributed by atoms with Crippen LogP contribution in [0, 0.1) is 5.41 Å². The Hall–Kier alpha value is -1.51. The van der Waals surface area contributed by atoms with E-state index >= 15 is 0 Å². The molecule has 0 saturated heterocycles. The van der Waals surface area contributed by atoms with Gasteiger partial charge in [-0.3, -0.25) is 4.79 Å². The Kier molecular flexibility index (Phi) is 4.13. The predicted octanol–water partition coefficient (Wildman–Crippen LogP) is 3.45. The van der Waals surface area contributed by atoms with Gasteiger partial charge in [-0.15, -0.1) is 0 Å². The van der Waals surface area contributed by atoms with E-state index in [9.17, 15) is 4.79 Å². The zero-order chi connectivity index (χ0) is 13.9. The Morgan fingerprint density at radius 1 is 1.26 bits per heavy atom. The van der Waals surface area contributed by atoms with Crippen molar-refractivity contribution in [2.24, 2.45) is 5.41 Å². The maximum atomic E-state index is 10.8. The summed E-state index contributed by atoms with van der Waals surface area (Å²) in [4.78, 5) is 10.8. The van der Waals surface area contributed by atoms with Gasteiger partial charge in [-0.1, -0.05) is 19.9 Å². The van der Waals surface area contributed by atoms with Gasteiger partial charge in [0.25, 0.3) is 0 Å². The summed E-state index contributed by atoms with van der Waals surface area (Å²) in [7, 11) is 0. The molecule has 19 heavy (non-hydrogen) atoms. The third kappa shape index (κ3) is 3.98. The van der Waals surface area contributed by atoms with Crippen molar-refractivity contribution in [2.45, 2.75) is 46.0 Å². The van der Waals surface area contributed by atoms with Gasteiger partial charge in [-0.2, -0.15) is 0 Å². The molecule has 104 valence electrons. The van der Waals surface area contributed by atoms with Gasteiger partial charge in [0.15, 0.2) is 0 Å². The lowest BCUT2D eigenvalue weighted by Crippen LogP contribution is -2.24. The van der Waals surface area contributed by atoms with Crippen LogP contribution in [0.2, 0.25) is 0 Å². The fraction of sp³-hybridized carbons (Fsp3) is 0.562. The molecule has 1 aliphatic carbocycles. The van der Waals surface area contributed by atoms with Gasteiger partial charge in [0.2, 0.25) is 0 Å². The summed E-state index contributed by atoms with van der Waals surface area (Å²) in [6.45, 7) is 4.26. The lowest BCUT2D eigenvalue weighted by atomic mass is 9.90. The number of hydrogen-bond donors (Lipinski definition) is 1. The lowest BCUT2D eigenvalue weighted by molar-refractivity contribution is -0.139. The van der Waals surface area contributed by atoms with Crippen LogP contribution in [0.4, 0.5) is 0 Å². The van der Waals surface area contributed by atoms with E-state index < -0.39 is 5.97 Å². The number of hydrogen-bond acceptors (Lipinski definition) is 2. The molecule has 0 fully saturated rings. The summed E-state index contributed by atoms with van der Waals surface area (Å²) in [6, 6.07) is 6.26. The Bertz CT molecular complexity index is 463. The summed E-state index contributed by atoms with van der Waals surface area (Å²) >= 11 is 0. The molecule has 0 bridgehead atoms. The summed E-state index contributed by atoms with van der Waals surface area (Å²) in [5.74, 6) is 0.0816. The number of aliphatic carboxylic acids is 1. The highest BCUT2D eigenvalue weighted by atomic mass is 16.5. The number of carboxylic acids is 1. The number of ether oxygens (including phenoxy) is 1. The van der Waals surface area contributed by atoms with Crippen LogP contribution in [-0.2, 0) is 17.6 Å². The van der Waals surface area contributed by atoms with E-state index in [1.165, 1.54) is 30.4 Å². The molecule has 0 saturated carbocycles. The summed E-state index contributed by atoms with van der Waals surface area (Å²) in [5, 5.41) is 8.85. The van der Waals surface area contributed by atoms with Gasteiger partial charge in [0.05, 0.1) is 13.0 Å². The zero-order valence-electron chi connectivity index (χ0n) is 11.7. The van der Waals surface area contributed by atoms with Gasteiger partial charge in [0.1, 0.15) is 5.75 Å². The van der Waals surface area contributed by atoms with E-state index in [1.807, 2.05) is 19.9 Å². The molecule has 0 spiro atoms. The quantitative estimate of drug-likeness (QED) is 0.884. The van der Waals surface area contributed by atoms with E-state index in [2.05, 4.69) is 12.1 Å². The number of carboxylic acid groups (broad SMARTS) is 1. The summed E-state index contributed by atoms with van der Waals surface area (Å²) < 4.78 is 5.77. The number of benzene rings is 1. The van der Waals surface area contributed by atoms with Crippen LogP contribution in [0.25, 0.3) is 0 Å². The second kappa shape index (κ2) is 5.64. The monoisotopic (exact) mass is 262 g/mol. The first kappa shape index (κ1) is 13.9. The van der Waals surface area contributed by atoms with Gasteiger partial charge < -0.3 is 9.84 Å². The van der Waals surface area contributed by atoms with Crippen LogP contribution in [0.1, 0.15) is 44.2 Å². The standard InChI is InChI=1S/C16H22O3/c1-16(2,10-15(17)18)11-19-14-8-7-12-5-3-4-6-13(12)9-14/h7-9H,3-6,10-11H2,1-2H3,(H,17,18). The van der Waals surface area contributed by atoms with Gasteiger partial charge >= 0.3 is 5.97 Å². The van der Waals surface area contributed by atoms with Crippen molar-refractivity contribution in [3.63, 3.8) is 0 Å². The van der Waals surface area contributed by atoms with E-state index in [0.29, 0.717) is 6.61 Å². The largest absolute Gasteiger partial charge is 0.493 e. The highest BCUT2D eigenvalue weighted by Gasteiger charge is 2.23. The fourth-order valence-electron chi connectivity index (χ4n) is 2.54. The van der Waals surface area contributed by atoms with Crippen LogP contribution < -0.4 is 4.74 Å². The molecule has 0 radical (unpaired) electrons. The van der Waals surface area contributed by atoms with E-state index in [-0.39, 0.29) is 11.8 Å². The van der Waals surface area contributed by atoms with Crippen LogP contribution >= 0.6 is 0 Å². The van der Waals surface area contributed by atoms with Crippen LogP contribution in [0.3, 0.4) is 0 Å². The molecule has 0 aliphatic heterocycles. The Balaban J connectivity index is 1.98. The van der Waals surface area contributed by atoms with E-state index in [1.54, 1.807) is 0 Å². The molecule has 0 heterocycles. The van der Waals surface area contributed by atoms with Crippen molar-refractivity contribution in [3.05, 3.63) is 29.3 Å². The number of carbonyl (C=O) groups is 1.